The molecule has 2 aliphatic rings. The van der Waals surface area contributed by atoms with Crippen LogP contribution in [0.2, 0.25) is 0 Å². The minimum absolute atomic E-state index is 0.0155. The predicted molar refractivity (Wildman–Crippen MR) is 118 cm³/mol. The molecule has 0 radical (unpaired) electrons. The highest BCUT2D eigenvalue weighted by atomic mass is 32.1. The zero-order chi connectivity index (χ0) is 21.4. The molecule has 0 aromatic carbocycles. The number of hydrogen-bond donors (Lipinski definition) is 4. The molecular formula is C20H27N7O3S. The van der Waals surface area contributed by atoms with Gasteiger partial charge in [-0.05, 0) is 37.8 Å². The number of hydrogen-bond acceptors (Lipinski definition) is 10. The van der Waals surface area contributed by atoms with Crippen LogP contribution in [0.5, 0.6) is 0 Å². The molecule has 5 rings (SSSR count). The van der Waals surface area contributed by atoms with Crippen molar-refractivity contribution in [3.63, 3.8) is 0 Å². The number of rotatable bonds is 7. The van der Waals surface area contributed by atoms with E-state index in [1.807, 2.05) is 28.1 Å². The summed E-state index contributed by atoms with van der Waals surface area (Å²) in [4.78, 5) is 13.9. The molecule has 4 N–H and O–H groups in total. The van der Waals surface area contributed by atoms with Crippen molar-refractivity contribution in [3.05, 3.63) is 29.4 Å². The Hall–Kier alpha value is -2.31. The molecule has 0 amide bonds. The van der Waals surface area contributed by atoms with Gasteiger partial charge in [0.05, 0.1) is 24.1 Å². The Morgan fingerprint density at radius 1 is 1.16 bits per heavy atom. The molecule has 166 valence electrons. The number of fused-ring (bicyclic) bond motifs is 1. The summed E-state index contributed by atoms with van der Waals surface area (Å²) in [6.45, 7) is 1.69. The molecule has 5 heterocycles. The van der Waals surface area contributed by atoms with E-state index in [2.05, 4.69) is 15.4 Å². The summed E-state index contributed by atoms with van der Waals surface area (Å²) in [6, 6.07) is 3.85. The van der Waals surface area contributed by atoms with Crippen molar-refractivity contribution in [2.75, 3.05) is 36.5 Å². The van der Waals surface area contributed by atoms with Crippen molar-refractivity contribution in [3.8, 4) is 0 Å². The molecule has 0 saturated carbocycles. The highest BCUT2D eigenvalue weighted by molar-refractivity contribution is 7.15. The van der Waals surface area contributed by atoms with Crippen LogP contribution in [0.4, 0.5) is 16.9 Å². The molecular weight excluding hydrogens is 418 g/mol. The Labute approximate surface area is 183 Å². The third kappa shape index (κ3) is 3.87. The Balaban J connectivity index is 1.40. The predicted octanol–water partition coefficient (Wildman–Crippen LogP) is 1.34. The molecule has 3 aromatic rings. The van der Waals surface area contributed by atoms with Crippen molar-refractivity contribution < 1.29 is 15.3 Å². The average Bonchev–Trinajstić information content (AvgIpc) is 3.58. The second-order valence-corrected chi connectivity index (χ2v) is 9.12. The normalized spacial score (nSPS) is 23.1. The van der Waals surface area contributed by atoms with E-state index < -0.39 is 6.23 Å². The third-order valence-electron chi connectivity index (χ3n) is 6.18. The second kappa shape index (κ2) is 8.67. The first-order valence-electron chi connectivity index (χ1n) is 10.7. The van der Waals surface area contributed by atoms with Crippen LogP contribution >= 0.6 is 11.3 Å². The Bertz CT molecular complexity index is 1040. The van der Waals surface area contributed by atoms with Gasteiger partial charge in [-0.1, -0.05) is 11.3 Å². The first kappa shape index (κ1) is 20.6. The van der Waals surface area contributed by atoms with Gasteiger partial charge in [0.25, 0.3) is 0 Å². The van der Waals surface area contributed by atoms with E-state index in [0.717, 1.165) is 49.2 Å². The van der Waals surface area contributed by atoms with Crippen molar-refractivity contribution in [1.82, 2.24) is 24.5 Å². The van der Waals surface area contributed by atoms with Crippen LogP contribution in [0.25, 0.3) is 5.52 Å². The molecule has 11 heteroatoms. The van der Waals surface area contributed by atoms with E-state index in [4.69, 9.17) is 4.98 Å². The number of aliphatic hydroxyl groups is 3. The lowest BCUT2D eigenvalue weighted by Gasteiger charge is -2.27. The zero-order valence-corrected chi connectivity index (χ0v) is 17.9. The molecule has 10 nitrogen and oxygen atoms in total. The third-order valence-corrected chi connectivity index (χ3v) is 7.13. The van der Waals surface area contributed by atoms with Crippen LogP contribution in [0, 0.1) is 0 Å². The van der Waals surface area contributed by atoms with Crippen molar-refractivity contribution in [1.29, 1.82) is 0 Å². The van der Waals surface area contributed by atoms with Crippen LogP contribution in [0.1, 0.15) is 36.8 Å². The molecule has 2 aliphatic heterocycles. The minimum atomic E-state index is -0.781. The Kier molecular flexibility index (Phi) is 5.76. The smallest absolute Gasteiger partial charge is 0.245 e. The molecule has 2 fully saturated rings. The number of thiazole rings is 1. The van der Waals surface area contributed by atoms with Crippen molar-refractivity contribution in [2.24, 2.45) is 0 Å². The average molecular weight is 446 g/mol. The van der Waals surface area contributed by atoms with Gasteiger partial charge in [0.2, 0.25) is 5.95 Å². The fraction of sp³-hybridized carbons (Fsp3) is 0.550. The molecule has 0 bridgehead atoms. The molecule has 0 aliphatic carbocycles. The topological polar surface area (TPSA) is 122 Å². The van der Waals surface area contributed by atoms with Gasteiger partial charge in [0.1, 0.15) is 11.7 Å². The van der Waals surface area contributed by atoms with Gasteiger partial charge in [-0.2, -0.15) is 4.98 Å². The summed E-state index contributed by atoms with van der Waals surface area (Å²) >= 11 is 1.37. The zero-order valence-electron chi connectivity index (χ0n) is 17.1. The highest BCUT2D eigenvalue weighted by Crippen LogP contribution is 2.34. The second-order valence-electron chi connectivity index (χ2n) is 8.05. The van der Waals surface area contributed by atoms with Crippen LogP contribution < -0.4 is 10.2 Å². The summed E-state index contributed by atoms with van der Waals surface area (Å²) in [5, 5.41) is 38.5. The SMILES string of the molecule is OC[C@@H]1CCCN1c1nc(Nc2ncc(C(O)N3CCC[C@H]3CO)s2)c2cccn2n1. The molecule has 3 atom stereocenters. The molecule has 3 aromatic heterocycles. The molecule has 1 unspecified atom stereocenters. The maximum absolute atomic E-state index is 10.8. The number of anilines is 3. The van der Waals surface area contributed by atoms with E-state index in [0.29, 0.717) is 16.9 Å². The fourth-order valence-corrected chi connectivity index (χ4v) is 5.35. The van der Waals surface area contributed by atoms with Gasteiger partial charge in [-0.15, -0.1) is 5.10 Å². The summed E-state index contributed by atoms with van der Waals surface area (Å²) < 4.78 is 1.77. The number of likely N-dealkylation sites (tertiary alicyclic amines) is 1. The Morgan fingerprint density at radius 3 is 2.81 bits per heavy atom. The maximum Gasteiger partial charge on any atom is 0.245 e. The first-order valence-corrected chi connectivity index (χ1v) is 11.5. The minimum Gasteiger partial charge on any atom is -0.395 e. The van der Waals surface area contributed by atoms with E-state index in [-0.39, 0.29) is 25.3 Å². The monoisotopic (exact) mass is 445 g/mol. The fourth-order valence-electron chi connectivity index (χ4n) is 4.53. The van der Waals surface area contributed by atoms with E-state index >= 15 is 0 Å². The highest BCUT2D eigenvalue weighted by Gasteiger charge is 2.31. The first-order chi connectivity index (χ1) is 15.2. The van der Waals surface area contributed by atoms with Gasteiger partial charge in [0, 0.05) is 31.5 Å². The summed E-state index contributed by atoms with van der Waals surface area (Å²) in [6.07, 6.45) is 6.54. The standard InChI is InChI=1S/C20H27N7O3S/c28-11-13-4-1-7-25(13)18(30)16-10-21-20(31-16)23-17-15-6-3-9-27(15)24-19(22-17)26-8-2-5-14(26)12-29/h3,6,9-10,13-14,18,28-30H,1-2,4-5,7-8,11-12H2,(H,21,22,23,24)/t13-,14-,18?/m0/s1. The molecule has 0 spiro atoms. The van der Waals surface area contributed by atoms with Crippen molar-refractivity contribution >= 4 is 33.8 Å². The lowest BCUT2D eigenvalue weighted by atomic mass is 10.2. The van der Waals surface area contributed by atoms with Crippen LogP contribution in [-0.2, 0) is 0 Å². The lowest BCUT2D eigenvalue weighted by Crippen LogP contribution is -2.35. The van der Waals surface area contributed by atoms with E-state index in [1.54, 1.807) is 10.7 Å². The summed E-state index contributed by atoms with van der Waals surface area (Å²) in [7, 11) is 0. The molecule has 2 saturated heterocycles. The maximum atomic E-state index is 10.8. The summed E-state index contributed by atoms with van der Waals surface area (Å²) in [5.41, 5.74) is 0.820. The van der Waals surface area contributed by atoms with Crippen LogP contribution in [0.15, 0.2) is 24.5 Å². The quantitative estimate of drug-likeness (QED) is 0.427. The number of aliphatic hydroxyl groups excluding tert-OH is 3. The van der Waals surface area contributed by atoms with E-state index in [9.17, 15) is 15.3 Å². The van der Waals surface area contributed by atoms with Gasteiger partial charge >= 0.3 is 0 Å². The van der Waals surface area contributed by atoms with Crippen LogP contribution in [-0.4, -0.2) is 78.2 Å². The largest absolute Gasteiger partial charge is 0.395 e. The van der Waals surface area contributed by atoms with Gasteiger partial charge in [-0.3, -0.25) is 4.90 Å². The van der Waals surface area contributed by atoms with Crippen LogP contribution in [0.3, 0.4) is 0 Å². The van der Waals surface area contributed by atoms with Crippen molar-refractivity contribution in [2.45, 2.75) is 44.0 Å². The number of aromatic nitrogens is 4. The molecule has 31 heavy (non-hydrogen) atoms. The van der Waals surface area contributed by atoms with E-state index in [1.165, 1.54) is 11.3 Å². The van der Waals surface area contributed by atoms with Gasteiger partial charge in [0.15, 0.2) is 10.9 Å². The van der Waals surface area contributed by atoms with Gasteiger partial charge in [-0.25, -0.2) is 9.50 Å². The van der Waals surface area contributed by atoms with Gasteiger partial charge < -0.3 is 25.5 Å². The number of nitrogens with one attached hydrogen (secondary N) is 1. The summed E-state index contributed by atoms with van der Waals surface area (Å²) in [5.74, 6) is 1.20. The lowest BCUT2D eigenvalue weighted by molar-refractivity contribution is -0.0180. The number of nitrogens with zero attached hydrogens (tertiary/aromatic N) is 6. The Morgan fingerprint density at radius 2 is 1.97 bits per heavy atom.